The van der Waals surface area contributed by atoms with Crippen molar-refractivity contribution in [3.63, 3.8) is 0 Å². The van der Waals surface area contributed by atoms with E-state index in [0.717, 1.165) is 18.5 Å². The number of anilines is 1. The smallest absolute Gasteiger partial charge is 0.260 e. The first-order chi connectivity index (χ1) is 9.65. The Morgan fingerprint density at radius 2 is 2.05 bits per heavy atom. The van der Waals surface area contributed by atoms with Crippen molar-refractivity contribution < 1.29 is 4.74 Å². The van der Waals surface area contributed by atoms with Crippen LogP contribution in [-0.4, -0.2) is 20.5 Å². The molecule has 0 aromatic carbocycles. The second-order valence-corrected chi connectivity index (χ2v) is 5.89. The number of hydrogen-bond donors (Lipinski definition) is 2. The highest BCUT2D eigenvalue weighted by atomic mass is 16.5. The van der Waals surface area contributed by atoms with Gasteiger partial charge in [0.2, 0.25) is 5.65 Å². The van der Waals surface area contributed by atoms with E-state index in [1.54, 1.807) is 12.4 Å². The molecular weight excluding hydrogens is 254 g/mol. The Balaban J connectivity index is 1.87. The largest absolute Gasteiger partial charge is 0.472 e. The molecule has 2 heterocycles. The quantitative estimate of drug-likeness (QED) is 0.663. The zero-order valence-corrected chi connectivity index (χ0v) is 11.9. The maximum atomic E-state index is 6.12. The molecule has 0 aliphatic heterocycles. The third-order valence-electron chi connectivity index (χ3n) is 3.90. The van der Waals surface area contributed by atoms with E-state index in [-0.39, 0.29) is 6.10 Å². The molecule has 1 aliphatic carbocycles. The van der Waals surface area contributed by atoms with Crippen LogP contribution in [0.5, 0.6) is 5.88 Å². The lowest BCUT2D eigenvalue weighted by atomic mass is 9.82. The Morgan fingerprint density at radius 1 is 1.30 bits per heavy atom. The number of nitrogens with one attached hydrogen (secondary N) is 1. The van der Waals surface area contributed by atoms with Crippen molar-refractivity contribution >= 4 is 11.5 Å². The lowest BCUT2D eigenvalue weighted by molar-refractivity contribution is 0.0978. The molecule has 2 aromatic heterocycles. The molecule has 20 heavy (non-hydrogen) atoms. The number of nitrogen functional groups attached to an aromatic ring is 1. The summed E-state index contributed by atoms with van der Waals surface area (Å²) in [6.07, 6.45) is 9.00. The number of hydrazine groups is 1. The topological polar surface area (TPSA) is 77.5 Å². The van der Waals surface area contributed by atoms with Gasteiger partial charge >= 0.3 is 0 Å². The predicted molar refractivity (Wildman–Crippen MR) is 77.4 cm³/mol. The molecule has 0 bridgehead atoms. The Kier molecular flexibility index (Phi) is 3.48. The van der Waals surface area contributed by atoms with Crippen molar-refractivity contribution in [2.45, 2.75) is 39.2 Å². The van der Waals surface area contributed by atoms with Gasteiger partial charge in [-0.2, -0.15) is 4.98 Å². The summed E-state index contributed by atoms with van der Waals surface area (Å²) >= 11 is 0. The van der Waals surface area contributed by atoms with E-state index < -0.39 is 0 Å². The number of nitrogens with zero attached hydrogens (tertiary/aromatic N) is 3. The Labute approximate surface area is 118 Å². The van der Waals surface area contributed by atoms with Crippen LogP contribution in [0.4, 0.5) is 5.82 Å². The normalized spacial score (nSPS) is 26.6. The van der Waals surface area contributed by atoms with Gasteiger partial charge in [0.25, 0.3) is 5.88 Å². The highest BCUT2D eigenvalue weighted by Gasteiger charge is 2.26. The number of ether oxygens (including phenoxy) is 1. The van der Waals surface area contributed by atoms with Crippen molar-refractivity contribution in [3.8, 4) is 5.88 Å². The van der Waals surface area contributed by atoms with E-state index in [4.69, 9.17) is 10.6 Å². The molecule has 6 nitrogen and oxygen atoms in total. The van der Waals surface area contributed by atoms with Crippen molar-refractivity contribution in [1.82, 2.24) is 14.4 Å². The Bertz CT molecular complexity index is 586. The second kappa shape index (κ2) is 5.28. The molecule has 3 rings (SSSR count). The highest BCUT2D eigenvalue weighted by molar-refractivity contribution is 5.53. The van der Waals surface area contributed by atoms with Gasteiger partial charge in [0.15, 0.2) is 5.82 Å². The molecule has 0 radical (unpaired) electrons. The number of fused-ring (bicyclic) bond motifs is 1. The van der Waals surface area contributed by atoms with Crippen LogP contribution in [0.15, 0.2) is 18.6 Å². The minimum atomic E-state index is 0.203. The zero-order valence-electron chi connectivity index (χ0n) is 11.9. The summed E-state index contributed by atoms with van der Waals surface area (Å²) in [5.41, 5.74) is 3.30. The standard InChI is InChI=1S/C14H21N5O/c1-9-5-10(2)7-11(6-9)20-14-13-16-3-4-19(13)8-12(17-14)18-15/h3-4,8-11,18H,5-7,15H2,1-2H3. The molecule has 2 atom stereocenters. The molecule has 0 amide bonds. The third-order valence-corrected chi connectivity index (χ3v) is 3.90. The summed E-state index contributed by atoms with van der Waals surface area (Å²) in [6, 6.07) is 0. The molecule has 108 valence electrons. The summed E-state index contributed by atoms with van der Waals surface area (Å²) in [4.78, 5) is 8.70. The Morgan fingerprint density at radius 3 is 2.75 bits per heavy atom. The minimum absolute atomic E-state index is 0.203. The van der Waals surface area contributed by atoms with E-state index in [0.29, 0.717) is 23.5 Å². The number of nitrogens with two attached hydrogens (primary N) is 1. The van der Waals surface area contributed by atoms with Gasteiger partial charge in [-0.3, -0.25) is 4.40 Å². The summed E-state index contributed by atoms with van der Waals surface area (Å²) < 4.78 is 7.99. The second-order valence-electron chi connectivity index (χ2n) is 5.89. The number of rotatable bonds is 3. The first-order valence-electron chi connectivity index (χ1n) is 7.12. The fourth-order valence-corrected chi connectivity index (χ4v) is 3.18. The van der Waals surface area contributed by atoms with Crippen LogP contribution in [0.1, 0.15) is 33.1 Å². The van der Waals surface area contributed by atoms with Gasteiger partial charge < -0.3 is 10.2 Å². The molecule has 1 aliphatic rings. The van der Waals surface area contributed by atoms with Gasteiger partial charge in [0.1, 0.15) is 6.10 Å². The van der Waals surface area contributed by atoms with Crippen LogP contribution in [-0.2, 0) is 0 Å². The molecule has 6 heteroatoms. The van der Waals surface area contributed by atoms with E-state index in [9.17, 15) is 0 Å². The summed E-state index contributed by atoms with van der Waals surface area (Å²) in [5.74, 6) is 7.96. The first-order valence-corrected chi connectivity index (χ1v) is 7.12. The molecule has 0 spiro atoms. The number of hydrogen-bond acceptors (Lipinski definition) is 5. The van der Waals surface area contributed by atoms with Crippen molar-refractivity contribution in [1.29, 1.82) is 0 Å². The van der Waals surface area contributed by atoms with Gasteiger partial charge in [-0.1, -0.05) is 13.8 Å². The van der Waals surface area contributed by atoms with Gasteiger partial charge in [-0.25, -0.2) is 10.8 Å². The maximum absolute atomic E-state index is 6.12. The molecule has 3 N–H and O–H groups in total. The lowest BCUT2D eigenvalue weighted by Crippen LogP contribution is -2.29. The maximum Gasteiger partial charge on any atom is 0.260 e. The molecule has 2 aromatic rings. The number of imidazole rings is 1. The van der Waals surface area contributed by atoms with E-state index in [1.165, 1.54) is 6.42 Å². The Hall–Kier alpha value is -1.82. The van der Waals surface area contributed by atoms with Crippen LogP contribution < -0.4 is 16.0 Å². The minimum Gasteiger partial charge on any atom is -0.472 e. The average Bonchev–Trinajstić information content (AvgIpc) is 2.85. The monoisotopic (exact) mass is 275 g/mol. The van der Waals surface area contributed by atoms with Crippen LogP contribution in [0.2, 0.25) is 0 Å². The van der Waals surface area contributed by atoms with Crippen LogP contribution in [0.3, 0.4) is 0 Å². The van der Waals surface area contributed by atoms with E-state index >= 15 is 0 Å². The van der Waals surface area contributed by atoms with Crippen molar-refractivity contribution in [2.75, 3.05) is 5.43 Å². The first kappa shape index (κ1) is 13.2. The average molecular weight is 275 g/mol. The summed E-state index contributed by atoms with van der Waals surface area (Å²) in [7, 11) is 0. The molecule has 0 saturated heterocycles. The van der Waals surface area contributed by atoms with Crippen molar-refractivity contribution in [2.24, 2.45) is 17.7 Å². The fourth-order valence-electron chi connectivity index (χ4n) is 3.18. The highest BCUT2D eigenvalue weighted by Crippen LogP contribution is 2.32. The predicted octanol–water partition coefficient (Wildman–Crippen LogP) is 2.22. The van der Waals surface area contributed by atoms with E-state index in [1.807, 2.05) is 10.6 Å². The summed E-state index contributed by atoms with van der Waals surface area (Å²) in [5, 5.41) is 0. The molecule has 1 fully saturated rings. The van der Waals surface area contributed by atoms with Crippen LogP contribution >= 0.6 is 0 Å². The fraction of sp³-hybridized carbons (Fsp3) is 0.571. The molecule has 2 unspecified atom stereocenters. The van der Waals surface area contributed by atoms with Gasteiger partial charge in [-0.05, 0) is 31.1 Å². The third kappa shape index (κ3) is 2.56. The zero-order chi connectivity index (χ0) is 14.1. The molecule has 1 saturated carbocycles. The van der Waals surface area contributed by atoms with Gasteiger partial charge in [-0.15, -0.1) is 0 Å². The number of aromatic nitrogens is 3. The van der Waals surface area contributed by atoms with Crippen LogP contribution in [0, 0.1) is 11.8 Å². The van der Waals surface area contributed by atoms with Gasteiger partial charge in [0.05, 0.1) is 6.20 Å². The van der Waals surface area contributed by atoms with E-state index in [2.05, 4.69) is 29.2 Å². The van der Waals surface area contributed by atoms with Gasteiger partial charge in [0, 0.05) is 12.4 Å². The van der Waals surface area contributed by atoms with Crippen LogP contribution in [0.25, 0.3) is 5.65 Å². The molecular formula is C14H21N5O. The van der Waals surface area contributed by atoms with Crippen molar-refractivity contribution in [3.05, 3.63) is 18.6 Å². The SMILES string of the molecule is CC1CC(C)CC(Oc2nc(NN)cn3ccnc23)C1. The summed E-state index contributed by atoms with van der Waals surface area (Å²) in [6.45, 7) is 4.56. The lowest BCUT2D eigenvalue weighted by Gasteiger charge is -2.31.